The summed E-state index contributed by atoms with van der Waals surface area (Å²) in [6.45, 7) is 10.1. The van der Waals surface area contributed by atoms with Gasteiger partial charge in [0.05, 0.1) is 17.0 Å². The number of fused-ring (bicyclic) bond motifs is 1. The third-order valence-corrected chi connectivity index (χ3v) is 6.41. The molecule has 1 atom stereocenters. The molecule has 0 saturated carbocycles. The Labute approximate surface area is 187 Å². The summed E-state index contributed by atoms with van der Waals surface area (Å²) in [6.07, 6.45) is 2.08. The molecule has 1 aliphatic rings. The van der Waals surface area contributed by atoms with Crippen molar-refractivity contribution in [2.75, 3.05) is 23.3 Å². The van der Waals surface area contributed by atoms with Gasteiger partial charge in [-0.2, -0.15) is 0 Å². The van der Waals surface area contributed by atoms with E-state index in [-0.39, 0.29) is 17.0 Å². The summed E-state index contributed by atoms with van der Waals surface area (Å²) in [6, 6.07) is 12.0. The molecule has 32 heavy (non-hydrogen) atoms. The number of para-hydroxylation sites is 1. The lowest BCUT2D eigenvalue weighted by Gasteiger charge is -2.37. The highest BCUT2D eigenvalue weighted by atomic mass is 16.4. The van der Waals surface area contributed by atoms with Gasteiger partial charge in [0.1, 0.15) is 5.58 Å². The molecule has 0 spiro atoms. The first-order chi connectivity index (χ1) is 15.1. The summed E-state index contributed by atoms with van der Waals surface area (Å²) in [5.41, 5.74) is 3.30. The number of piperidine rings is 1. The van der Waals surface area contributed by atoms with Crippen LogP contribution < -0.4 is 15.6 Å². The molecule has 6 nitrogen and oxygen atoms in total. The molecule has 0 radical (unpaired) electrons. The Morgan fingerprint density at radius 2 is 1.84 bits per heavy atom. The van der Waals surface area contributed by atoms with Crippen LogP contribution >= 0.6 is 0 Å². The molecule has 2 aromatic carbocycles. The second-order valence-corrected chi connectivity index (χ2v) is 9.55. The van der Waals surface area contributed by atoms with E-state index in [2.05, 4.69) is 24.1 Å². The Morgan fingerprint density at radius 3 is 2.53 bits per heavy atom. The zero-order valence-electron chi connectivity index (χ0n) is 19.1. The van der Waals surface area contributed by atoms with Crippen LogP contribution in [0.25, 0.3) is 11.0 Å². The standard InChI is InChI=1S/C26H30N2O4/c1-16-13-19(17(2)27-21-8-6-5-7-18(21)25(30)31)24-20(14-16)22(29)15-23(32-24)28-11-9-26(3,4)10-12-28/h5-8,13-15,17,27H,9-12H2,1-4H3,(H,30,31)/t17-/m1/s1. The Kier molecular flexibility index (Phi) is 5.71. The number of benzene rings is 2. The van der Waals surface area contributed by atoms with Crippen molar-refractivity contribution in [3.05, 3.63) is 69.4 Å². The zero-order valence-corrected chi connectivity index (χ0v) is 19.1. The average Bonchev–Trinajstić information content (AvgIpc) is 2.74. The van der Waals surface area contributed by atoms with E-state index >= 15 is 0 Å². The third kappa shape index (κ3) is 4.35. The summed E-state index contributed by atoms with van der Waals surface area (Å²) in [4.78, 5) is 26.8. The summed E-state index contributed by atoms with van der Waals surface area (Å²) < 4.78 is 6.34. The van der Waals surface area contributed by atoms with Crippen LogP contribution in [0.1, 0.15) is 61.1 Å². The molecule has 1 fully saturated rings. The van der Waals surface area contributed by atoms with Gasteiger partial charge >= 0.3 is 5.97 Å². The second-order valence-electron chi connectivity index (χ2n) is 9.55. The van der Waals surface area contributed by atoms with Gasteiger partial charge in [0.25, 0.3) is 0 Å². The van der Waals surface area contributed by atoms with E-state index in [1.807, 2.05) is 26.0 Å². The van der Waals surface area contributed by atoms with E-state index in [4.69, 9.17) is 4.42 Å². The van der Waals surface area contributed by atoms with Crippen LogP contribution in [0, 0.1) is 12.3 Å². The molecule has 0 aliphatic carbocycles. The number of aromatic carboxylic acids is 1. The van der Waals surface area contributed by atoms with Crippen LogP contribution in [-0.4, -0.2) is 24.2 Å². The van der Waals surface area contributed by atoms with Crippen molar-refractivity contribution >= 4 is 28.5 Å². The minimum absolute atomic E-state index is 0.0610. The van der Waals surface area contributed by atoms with Gasteiger partial charge in [-0.15, -0.1) is 0 Å². The van der Waals surface area contributed by atoms with Gasteiger partial charge in [-0.05, 0) is 55.9 Å². The van der Waals surface area contributed by atoms with Crippen molar-refractivity contribution < 1.29 is 14.3 Å². The maximum absolute atomic E-state index is 13.0. The lowest BCUT2D eigenvalue weighted by atomic mass is 9.83. The van der Waals surface area contributed by atoms with E-state index in [1.165, 1.54) is 0 Å². The number of carboxylic acid groups (broad SMARTS) is 1. The van der Waals surface area contributed by atoms with Gasteiger partial charge in [-0.25, -0.2) is 4.79 Å². The van der Waals surface area contributed by atoms with Gasteiger partial charge in [0, 0.05) is 30.4 Å². The predicted octanol–water partition coefficient (Wildman–Crippen LogP) is 5.60. The smallest absolute Gasteiger partial charge is 0.337 e. The van der Waals surface area contributed by atoms with Crippen molar-refractivity contribution in [1.29, 1.82) is 0 Å². The van der Waals surface area contributed by atoms with Crippen molar-refractivity contribution in [3.8, 4) is 0 Å². The maximum atomic E-state index is 13.0. The van der Waals surface area contributed by atoms with Crippen LogP contribution in [0.15, 0.2) is 51.7 Å². The minimum atomic E-state index is -0.990. The van der Waals surface area contributed by atoms with Gasteiger partial charge in [0.15, 0.2) is 11.3 Å². The number of nitrogens with one attached hydrogen (secondary N) is 1. The normalized spacial score (nSPS) is 16.7. The van der Waals surface area contributed by atoms with Crippen LogP contribution in [0.5, 0.6) is 0 Å². The van der Waals surface area contributed by atoms with E-state index in [9.17, 15) is 14.7 Å². The Hall–Kier alpha value is -3.28. The zero-order chi connectivity index (χ0) is 23.0. The number of rotatable bonds is 5. The first kappa shape index (κ1) is 21.9. The largest absolute Gasteiger partial charge is 0.478 e. The van der Waals surface area contributed by atoms with E-state index in [0.717, 1.165) is 37.1 Å². The number of aryl methyl sites for hydroxylation is 1. The molecule has 0 bridgehead atoms. The van der Waals surface area contributed by atoms with Crippen LogP contribution in [0.2, 0.25) is 0 Å². The number of carboxylic acids is 1. The van der Waals surface area contributed by atoms with E-state index < -0.39 is 5.97 Å². The number of hydrogen-bond acceptors (Lipinski definition) is 5. The molecule has 0 amide bonds. The second kappa shape index (κ2) is 8.34. The molecular weight excluding hydrogens is 404 g/mol. The number of anilines is 2. The Morgan fingerprint density at radius 1 is 1.16 bits per heavy atom. The molecule has 1 aliphatic heterocycles. The third-order valence-electron chi connectivity index (χ3n) is 6.41. The maximum Gasteiger partial charge on any atom is 0.337 e. The molecule has 2 heterocycles. The molecule has 1 saturated heterocycles. The molecule has 3 aromatic rings. The lowest BCUT2D eigenvalue weighted by molar-refractivity contribution is 0.0698. The number of hydrogen-bond donors (Lipinski definition) is 2. The number of carbonyl (C=O) groups is 1. The molecular formula is C26H30N2O4. The van der Waals surface area contributed by atoms with Crippen LogP contribution in [-0.2, 0) is 0 Å². The molecule has 6 heteroatoms. The topological polar surface area (TPSA) is 82.8 Å². The molecule has 1 aromatic heterocycles. The summed E-state index contributed by atoms with van der Waals surface area (Å²) in [7, 11) is 0. The van der Waals surface area contributed by atoms with E-state index in [1.54, 1.807) is 30.3 Å². The summed E-state index contributed by atoms with van der Waals surface area (Å²) in [5, 5.41) is 13.4. The SMILES string of the molecule is Cc1cc([C@@H](C)Nc2ccccc2C(=O)O)c2oc(N3CCC(C)(C)CC3)cc(=O)c2c1. The highest BCUT2D eigenvalue weighted by molar-refractivity contribution is 5.94. The monoisotopic (exact) mass is 434 g/mol. The Bertz CT molecular complexity index is 1220. The van der Waals surface area contributed by atoms with Crippen LogP contribution in [0.4, 0.5) is 11.6 Å². The lowest BCUT2D eigenvalue weighted by Crippen LogP contribution is -2.37. The fourth-order valence-corrected chi connectivity index (χ4v) is 4.34. The fraction of sp³-hybridized carbons (Fsp3) is 0.385. The summed E-state index contributed by atoms with van der Waals surface area (Å²) in [5.74, 6) is -0.391. The minimum Gasteiger partial charge on any atom is -0.478 e. The van der Waals surface area contributed by atoms with Crippen molar-refractivity contribution in [3.63, 3.8) is 0 Å². The number of nitrogens with zero attached hydrogens (tertiary/aromatic N) is 1. The fourth-order valence-electron chi connectivity index (χ4n) is 4.34. The molecule has 168 valence electrons. The van der Waals surface area contributed by atoms with E-state index in [0.29, 0.717) is 28.0 Å². The van der Waals surface area contributed by atoms with Gasteiger partial charge in [-0.1, -0.05) is 32.0 Å². The average molecular weight is 435 g/mol. The van der Waals surface area contributed by atoms with Gasteiger partial charge in [0.2, 0.25) is 0 Å². The van der Waals surface area contributed by atoms with Gasteiger partial charge in [-0.3, -0.25) is 4.79 Å². The van der Waals surface area contributed by atoms with Crippen LogP contribution in [0.3, 0.4) is 0 Å². The summed E-state index contributed by atoms with van der Waals surface area (Å²) >= 11 is 0. The highest BCUT2D eigenvalue weighted by Crippen LogP contribution is 2.34. The van der Waals surface area contributed by atoms with Crippen molar-refractivity contribution in [2.45, 2.75) is 46.6 Å². The van der Waals surface area contributed by atoms with Crippen molar-refractivity contribution in [2.24, 2.45) is 5.41 Å². The van der Waals surface area contributed by atoms with Crippen molar-refractivity contribution in [1.82, 2.24) is 0 Å². The van der Waals surface area contributed by atoms with Gasteiger partial charge < -0.3 is 19.7 Å². The molecule has 4 rings (SSSR count). The first-order valence-corrected chi connectivity index (χ1v) is 11.1. The molecule has 0 unspecified atom stereocenters. The molecule has 2 N–H and O–H groups in total. The first-order valence-electron chi connectivity index (χ1n) is 11.1. The predicted molar refractivity (Wildman–Crippen MR) is 128 cm³/mol. The quantitative estimate of drug-likeness (QED) is 0.544. The highest BCUT2D eigenvalue weighted by Gasteiger charge is 2.27. The Balaban J connectivity index is 1.75.